The fraction of sp³-hybridized carbons (Fsp3) is 0.182. The zero-order valence-electron chi connectivity index (χ0n) is 19.2. The van der Waals surface area contributed by atoms with Crippen LogP contribution in [0.5, 0.6) is 5.75 Å². The van der Waals surface area contributed by atoms with Crippen molar-refractivity contribution in [1.82, 2.24) is 4.90 Å². The Bertz CT molecular complexity index is 1210. The van der Waals surface area contributed by atoms with Gasteiger partial charge >= 0.3 is 11.9 Å². The van der Waals surface area contributed by atoms with Gasteiger partial charge in [-0.25, -0.2) is 9.59 Å². The number of amides is 1. The topological polar surface area (TPSA) is 200 Å². The average Bonchev–Trinajstić information content (AvgIpc) is 2.71. The molecule has 2 rings (SSSR count). The second kappa shape index (κ2) is 12.9. The number of nitrogens with one attached hydrogen (secondary N) is 2. The van der Waals surface area contributed by atoms with Crippen LogP contribution in [0.2, 0.25) is 0 Å². The number of hydrogen-bond donors (Lipinski definition) is 5. The zero-order valence-corrected chi connectivity index (χ0v) is 20.0. The number of guanidine groups is 1. The molecule has 0 atom stereocenters. The van der Waals surface area contributed by atoms with Gasteiger partial charge in [0.25, 0.3) is 10.1 Å². The van der Waals surface area contributed by atoms with Crippen LogP contribution in [0.15, 0.2) is 48.5 Å². The number of hydrogen-bond acceptors (Lipinski definition) is 7. The number of aliphatic carboxylic acids is 1. The first-order valence-corrected chi connectivity index (χ1v) is 11.6. The third-order valence-corrected chi connectivity index (χ3v) is 3.97. The lowest BCUT2D eigenvalue weighted by atomic mass is 10.0. The number of anilines is 1. The van der Waals surface area contributed by atoms with Crippen LogP contribution in [-0.4, -0.2) is 67.1 Å². The van der Waals surface area contributed by atoms with Gasteiger partial charge in [0, 0.05) is 25.9 Å². The summed E-state index contributed by atoms with van der Waals surface area (Å²) in [7, 11) is -0.437. The summed E-state index contributed by atoms with van der Waals surface area (Å²) in [5, 5.41) is 18.6. The van der Waals surface area contributed by atoms with E-state index in [2.05, 4.69) is 5.32 Å². The number of carboxylic acids is 1. The zero-order chi connectivity index (χ0) is 26.8. The van der Waals surface area contributed by atoms with Crippen molar-refractivity contribution in [2.24, 2.45) is 5.73 Å². The number of carbonyl (C=O) groups excluding carboxylic acids is 2. The van der Waals surface area contributed by atoms with E-state index in [1.54, 1.807) is 32.3 Å². The summed E-state index contributed by atoms with van der Waals surface area (Å²) >= 11 is 0. The van der Waals surface area contributed by atoms with Crippen molar-refractivity contribution in [2.45, 2.75) is 6.42 Å². The number of rotatable bonds is 7. The molecule has 0 spiro atoms. The van der Waals surface area contributed by atoms with E-state index in [1.165, 1.54) is 35.2 Å². The largest absolute Gasteiger partial charge is 0.478 e. The van der Waals surface area contributed by atoms with Gasteiger partial charge in [0.15, 0.2) is 5.96 Å². The van der Waals surface area contributed by atoms with Gasteiger partial charge in [-0.1, -0.05) is 6.07 Å². The Labute approximate surface area is 202 Å². The molecule has 1 amide bonds. The number of carbonyl (C=O) groups is 3. The summed E-state index contributed by atoms with van der Waals surface area (Å²) < 4.78 is 31.3. The normalized spacial score (nSPS) is 10.6. The van der Waals surface area contributed by atoms with E-state index in [0.29, 0.717) is 23.1 Å². The second-order valence-corrected chi connectivity index (χ2v) is 8.70. The predicted molar refractivity (Wildman–Crippen MR) is 130 cm³/mol. The van der Waals surface area contributed by atoms with Gasteiger partial charge in [-0.3, -0.25) is 14.8 Å². The highest BCUT2D eigenvalue weighted by Crippen LogP contribution is 2.22. The van der Waals surface area contributed by atoms with Crippen molar-refractivity contribution >= 4 is 45.7 Å². The van der Waals surface area contributed by atoms with E-state index < -0.39 is 22.1 Å². The van der Waals surface area contributed by atoms with Crippen molar-refractivity contribution in [3.63, 3.8) is 0 Å². The molecule has 0 fully saturated rings. The van der Waals surface area contributed by atoms with E-state index in [-0.39, 0.29) is 29.6 Å². The molecule has 13 heteroatoms. The lowest BCUT2D eigenvalue weighted by Gasteiger charge is -2.13. The van der Waals surface area contributed by atoms with E-state index in [4.69, 9.17) is 25.5 Å². The van der Waals surface area contributed by atoms with Crippen molar-refractivity contribution in [3.05, 3.63) is 65.2 Å². The molecule has 0 radical (unpaired) electrons. The van der Waals surface area contributed by atoms with Crippen LogP contribution in [0, 0.1) is 5.41 Å². The SMILES string of the molecule is CN(C)C(=O)Cc1cc(OC(=O)c2ccc(NC(=N)N)cc2)ccc1/C=C/C(=O)O.CS(=O)(=O)O. The molecule has 0 unspecified atom stereocenters. The minimum Gasteiger partial charge on any atom is -0.478 e. The van der Waals surface area contributed by atoms with Crippen LogP contribution < -0.4 is 15.8 Å². The molecule has 0 heterocycles. The number of esters is 1. The van der Waals surface area contributed by atoms with Crippen molar-refractivity contribution in [2.75, 3.05) is 25.7 Å². The maximum absolute atomic E-state index is 12.4. The molecule has 6 N–H and O–H groups in total. The van der Waals surface area contributed by atoms with Gasteiger partial charge in [0.1, 0.15) is 5.75 Å². The van der Waals surface area contributed by atoms with Gasteiger partial charge in [0.05, 0.1) is 18.2 Å². The quantitative estimate of drug-likeness (QED) is 0.0913. The summed E-state index contributed by atoms with van der Waals surface area (Å²) in [6.45, 7) is 0. The predicted octanol–water partition coefficient (Wildman–Crippen LogP) is 1.44. The molecule has 2 aromatic carbocycles. The Hall–Kier alpha value is -4.23. The smallest absolute Gasteiger partial charge is 0.343 e. The molecule has 188 valence electrons. The second-order valence-electron chi connectivity index (χ2n) is 7.24. The van der Waals surface area contributed by atoms with Gasteiger partial charge in [-0.2, -0.15) is 8.42 Å². The molecule has 35 heavy (non-hydrogen) atoms. The number of carboxylic acid groups (broad SMARTS) is 1. The fourth-order valence-corrected chi connectivity index (χ4v) is 2.45. The van der Waals surface area contributed by atoms with Crippen LogP contribution in [0.3, 0.4) is 0 Å². The van der Waals surface area contributed by atoms with Crippen LogP contribution >= 0.6 is 0 Å². The number of likely N-dealkylation sites (N-methyl/N-ethyl adjacent to an activating group) is 1. The standard InChI is InChI=1S/C21H22N4O5.CH4O3S/c1-25(2)18(26)12-15-11-17(9-5-13(15)6-10-19(27)28)30-20(29)14-3-7-16(8-4-14)24-21(22)23;1-5(2,3)4/h3-11H,12H2,1-2H3,(H,27,28)(H4,22,23,24);1H3,(H,2,3,4)/b10-6+;. The lowest BCUT2D eigenvalue weighted by Crippen LogP contribution is -2.23. The Morgan fingerprint density at radius 2 is 1.71 bits per heavy atom. The molecule has 0 aromatic heterocycles. The number of benzene rings is 2. The highest BCUT2D eigenvalue weighted by molar-refractivity contribution is 7.85. The van der Waals surface area contributed by atoms with Crippen LogP contribution in [0.1, 0.15) is 21.5 Å². The summed E-state index contributed by atoms with van der Waals surface area (Å²) in [5.74, 6) is -1.90. The van der Waals surface area contributed by atoms with E-state index in [1.807, 2.05) is 0 Å². The highest BCUT2D eigenvalue weighted by Gasteiger charge is 2.13. The number of ether oxygens (including phenoxy) is 1. The van der Waals surface area contributed by atoms with Crippen LogP contribution in [0.25, 0.3) is 6.08 Å². The van der Waals surface area contributed by atoms with E-state index in [9.17, 15) is 22.8 Å². The molecule has 2 aromatic rings. The number of nitrogens with two attached hydrogens (primary N) is 1. The first-order valence-electron chi connectivity index (χ1n) is 9.75. The Kier molecular flexibility index (Phi) is 10.6. The number of nitrogens with zero attached hydrogens (tertiary/aromatic N) is 1. The van der Waals surface area contributed by atoms with Gasteiger partial charge < -0.3 is 25.8 Å². The maximum Gasteiger partial charge on any atom is 0.343 e. The van der Waals surface area contributed by atoms with Gasteiger partial charge in [-0.15, -0.1) is 0 Å². The van der Waals surface area contributed by atoms with Crippen molar-refractivity contribution in [1.29, 1.82) is 5.41 Å². The summed E-state index contributed by atoms with van der Waals surface area (Å²) in [6, 6.07) is 10.8. The molecule has 12 nitrogen and oxygen atoms in total. The van der Waals surface area contributed by atoms with E-state index in [0.717, 1.165) is 6.08 Å². The minimum atomic E-state index is -3.67. The Morgan fingerprint density at radius 3 is 2.20 bits per heavy atom. The summed E-state index contributed by atoms with van der Waals surface area (Å²) in [5.41, 5.74) is 7.15. The van der Waals surface area contributed by atoms with Crippen LogP contribution in [0.4, 0.5) is 5.69 Å². The highest BCUT2D eigenvalue weighted by atomic mass is 32.2. The first-order chi connectivity index (χ1) is 16.2. The third kappa shape index (κ3) is 12.0. The molecular formula is C22H26N4O8S. The summed E-state index contributed by atoms with van der Waals surface area (Å²) in [6.07, 6.45) is 3.09. The molecule has 0 saturated heterocycles. The van der Waals surface area contributed by atoms with Crippen LogP contribution in [-0.2, 0) is 26.1 Å². The monoisotopic (exact) mass is 506 g/mol. The molecule has 0 bridgehead atoms. The Balaban J connectivity index is 0.00000111. The minimum absolute atomic E-state index is 0.0170. The molecule has 0 saturated carbocycles. The fourth-order valence-electron chi connectivity index (χ4n) is 2.45. The average molecular weight is 507 g/mol. The van der Waals surface area contributed by atoms with Crippen molar-refractivity contribution in [3.8, 4) is 5.75 Å². The lowest BCUT2D eigenvalue weighted by molar-refractivity contribution is -0.131. The summed E-state index contributed by atoms with van der Waals surface area (Å²) in [4.78, 5) is 36.8. The van der Waals surface area contributed by atoms with Crippen molar-refractivity contribution < 1.29 is 37.2 Å². The molecule has 0 aliphatic rings. The molecule has 0 aliphatic heterocycles. The third-order valence-electron chi connectivity index (χ3n) is 3.97. The van der Waals surface area contributed by atoms with Gasteiger partial charge in [0.2, 0.25) is 5.91 Å². The molecular weight excluding hydrogens is 480 g/mol. The van der Waals surface area contributed by atoms with E-state index >= 15 is 0 Å². The maximum atomic E-state index is 12.4. The first kappa shape index (κ1) is 28.8. The van der Waals surface area contributed by atoms with Gasteiger partial charge in [-0.05, 0) is 53.6 Å². The molecule has 0 aliphatic carbocycles. The Morgan fingerprint density at radius 1 is 1.14 bits per heavy atom.